The predicted molar refractivity (Wildman–Crippen MR) is 144 cm³/mol. The molecule has 8 nitrogen and oxygen atoms in total. The molecule has 2 amide bonds. The van der Waals surface area contributed by atoms with Crippen LogP contribution in [0.15, 0.2) is 43.5 Å². The number of likely N-dealkylation sites (tertiary alicyclic amines) is 1. The number of fused-ring (bicyclic) bond motifs is 1. The minimum atomic E-state index is -1.17. The second-order valence-electron chi connectivity index (χ2n) is 11.0. The molecule has 3 aliphatic rings. The van der Waals surface area contributed by atoms with E-state index in [0.717, 1.165) is 16.8 Å². The number of benzene rings is 1. The molecule has 0 aliphatic carbocycles. The Morgan fingerprint density at radius 3 is 2.53 bits per heavy atom. The van der Waals surface area contributed by atoms with E-state index >= 15 is 0 Å². The lowest BCUT2D eigenvalue weighted by Gasteiger charge is -2.41. The summed E-state index contributed by atoms with van der Waals surface area (Å²) in [6.07, 6.45) is 4.38. The van der Waals surface area contributed by atoms with Crippen molar-refractivity contribution in [3.8, 4) is 0 Å². The van der Waals surface area contributed by atoms with E-state index in [-0.39, 0.29) is 37.5 Å². The Bertz CT molecular complexity index is 1100. The van der Waals surface area contributed by atoms with Crippen LogP contribution in [-0.4, -0.2) is 71.3 Å². The number of ether oxygens (including phenoxy) is 2. The first-order chi connectivity index (χ1) is 18.1. The summed E-state index contributed by atoms with van der Waals surface area (Å²) in [5.74, 6) is -2.86. The smallest absolute Gasteiger partial charge is 0.312 e. The highest BCUT2D eigenvalue weighted by Gasteiger charge is 2.75. The zero-order chi connectivity index (χ0) is 27.8. The van der Waals surface area contributed by atoms with E-state index in [1.807, 2.05) is 45.9 Å². The average molecular weight is 525 g/mol. The molecule has 1 spiro atoms. The zero-order valence-electron chi connectivity index (χ0n) is 22.9. The Balaban J connectivity index is 1.82. The molecular weight excluding hydrogens is 484 g/mol. The lowest BCUT2D eigenvalue weighted by molar-refractivity contribution is -0.156. The topological polar surface area (TPSA) is 96.4 Å². The summed E-state index contributed by atoms with van der Waals surface area (Å²) in [6, 6.07) is 4.23. The number of anilines is 1. The van der Waals surface area contributed by atoms with E-state index in [4.69, 9.17) is 9.47 Å². The van der Waals surface area contributed by atoms with Gasteiger partial charge in [0.1, 0.15) is 11.6 Å². The van der Waals surface area contributed by atoms with Crippen LogP contribution in [0.2, 0.25) is 0 Å². The molecule has 206 valence electrons. The minimum absolute atomic E-state index is 0.127. The number of hydrogen-bond acceptors (Lipinski definition) is 6. The SMILES string of the molecule is C=CCCOC(=O)[C@@H]1[C@H]2C(=O)N([C@@H](CO)C(C)C)C(C(=O)N(CC=C)c3c(C)cccc3C)C23CC[C@H]1O3. The van der Waals surface area contributed by atoms with Crippen molar-refractivity contribution >= 4 is 23.5 Å². The molecule has 2 unspecified atom stereocenters. The summed E-state index contributed by atoms with van der Waals surface area (Å²) >= 11 is 0. The molecule has 1 aromatic rings. The number of aliphatic hydroxyl groups excluding tert-OH is 1. The van der Waals surface area contributed by atoms with E-state index in [2.05, 4.69) is 13.2 Å². The number of esters is 1. The van der Waals surface area contributed by atoms with Crippen molar-refractivity contribution in [2.75, 3.05) is 24.7 Å². The number of hydrogen-bond donors (Lipinski definition) is 1. The number of nitrogens with zero attached hydrogens (tertiary/aromatic N) is 2. The highest BCUT2D eigenvalue weighted by Crippen LogP contribution is 2.59. The van der Waals surface area contributed by atoms with Gasteiger partial charge in [-0.05, 0) is 50.2 Å². The Morgan fingerprint density at radius 2 is 1.95 bits per heavy atom. The summed E-state index contributed by atoms with van der Waals surface area (Å²) < 4.78 is 12.0. The van der Waals surface area contributed by atoms with Gasteiger partial charge in [0, 0.05) is 12.2 Å². The zero-order valence-corrected chi connectivity index (χ0v) is 22.9. The third-order valence-corrected chi connectivity index (χ3v) is 8.41. The second kappa shape index (κ2) is 11.0. The third kappa shape index (κ3) is 4.37. The monoisotopic (exact) mass is 524 g/mol. The summed E-state index contributed by atoms with van der Waals surface area (Å²) in [5, 5.41) is 10.4. The fraction of sp³-hybridized carbons (Fsp3) is 0.567. The van der Waals surface area contributed by atoms with Gasteiger partial charge in [0.2, 0.25) is 5.91 Å². The fourth-order valence-corrected chi connectivity index (χ4v) is 6.75. The van der Waals surface area contributed by atoms with E-state index in [9.17, 15) is 19.5 Å². The van der Waals surface area contributed by atoms with Crippen LogP contribution in [0, 0.1) is 31.6 Å². The normalized spacial score (nSPS) is 28.4. The lowest BCUT2D eigenvalue weighted by Crippen LogP contribution is -2.60. The van der Waals surface area contributed by atoms with Crippen LogP contribution in [0.3, 0.4) is 0 Å². The van der Waals surface area contributed by atoms with Crippen molar-refractivity contribution in [1.82, 2.24) is 4.90 Å². The van der Waals surface area contributed by atoms with E-state index in [0.29, 0.717) is 19.3 Å². The molecule has 0 radical (unpaired) electrons. The Labute approximate surface area is 225 Å². The number of para-hydroxylation sites is 1. The summed E-state index contributed by atoms with van der Waals surface area (Å²) in [4.78, 5) is 45.3. The van der Waals surface area contributed by atoms with Crippen molar-refractivity contribution in [3.05, 3.63) is 54.6 Å². The molecule has 4 rings (SSSR count). The van der Waals surface area contributed by atoms with E-state index < -0.39 is 41.6 Å². The number of aliphatic hydroxyl groups is 1. The first-order valence-corrected chi connectivity index (χ1v) is 13.5. The predicted octanol–water partition coefficient (Wildman–Crippen LogP) is 3.33. The molecule has 38 heavy (non-hydrogen) atoms. The highest BCUT2D eigenvalue weighted by molar-refractivity contribution is 6.05. The molecule has 3 fully saturated rings. The number of carbonyl (C=O) groups excluding carboxylic acids is 3. The average Bonchev–Trinajstić information content (AvgIpc) is 3.51. The van der Waals surface area contributed by atoms with Gasteiger partial charge < -0.3 is 24.4 Å². The van der Waals surface area contributed by atoms with Gasteiger partial charge in [-0.1, -0.05) is 44.2 Å². The molecule has 1 aromatic carbocycles. The van der Waals surface area contributed by atoms with Crippen LogP contribution in [-0.2, 0) is 23.9 Å². The number of aryl methyl sites for hydroxylation is 2. The van der Waals surface area contributed by atoms with Gasteiger partial charge in [-0.3, -0.25) is 14.4 Å². The maximum Gasteiger partial charge on any atom is 0.312 e. The molecular formula is C30H40N2O6. The van der Waals surface area contributed by atoms with E-state index in [1.165, 1.54) is 4.90 Å². The van der Waals surface area contributed by atoms with Crippen LogP contribution in [0.4, 0.5) is 5.69 Å². The van der Waals surface area contributed by atoms with Crippen LogP contribution in [0.25, 0.3) is 0 Å². The van der Waals surface area contributed by atoms with E-state index in [1.54, 1.807) is 17.1 Å². The number of rotatable bonds is 11. The van der Waals surface area contributed by atoms with Gasteiger partial charge in [0.05, 0.1) is 37.2 Å². The van der Waals surface area contributed by atoms with Gasteiger partial charge in [-0.25, -0.2) is 0 Å². The first-order valence-electron chi connectivity index (χ1n) is 13.5. The Morgan fingerprint density at radius 1 is 1.26 bits per heavy atom. The van der Waals surface area contributed by atoms with Gasteiger partial charge >= 0.3 is 5.97 Å². The fourth-order valence-electron chi connectivity index (χ4n) is 6.75. The molecule has 8 heteroatoms. The summed E-state index contributed by atoms with van der Waals surface area (Å²) in [5.41, 5.74) is 1.45. The maximum atomic E-state index is 14.6. The largest absolute Gasteiger partial charge is 0.465 e. The standard InChI is InChI=1S/C30H40N2O6/c1-7-9-16-37-29(36)23-22-13-14-30(38-22)24(23)27(34)32(21(17-33)18(3)4)26(30)28(35)31(15-8-2)25-19(5)11-10-12-20(25)6/h7-8,10-12,18,21-24,26,33H,1-2,9,13-17H2,3-6H3/t21-,22+,23-,24-,26?,30?/m0/s1. The Hall–Kier alpha value is -2.97. The summed E-state index contributed by atoms with van der Waals surface area (Å²) in [6.45, 7) is 15.4. The quantitative estimate of drug-likeness (QED) is 0.271. The molecule has 0 aromatic heterocycles. The van der Waals surface area contributed by atoms with Crippen molar-refractivity contribution < 1.29 is 29.0 Å². The van der Waals surface area contributed by atoms with Crippen LogP contribution in [0.1, 0.15) is 44.2 Å². The van der Waals surface area contributed by atoms with Gasteiger partial charge in [0.25, 0.3) is 5.91 Å². The molecule has 2 bridgehead atoms. The van der Waals surface area contributed by atoms with Crippen molar-refractivity contribution in [2.45, 2.75) is 70.7 Å². The maximum absolute atomic E-state index is 14.6. The van der Waals surface area contributed by atoms with Crippen LogP contribution >= 0.6 is 0 Å². The van der Waals surface area contributed by atoms with Gasteiger partial charge in [-0.15, -0.1) is 13.2 Å². The lowest BCUT2D eigenvalue weighted by atomic mass is 9.70. The van der Waals surface area contributed by atoms with Crippen molar-refractivity contribution in [2.24, 2.45) is 17.8 Å². The first kappa shape index (κ1) is 28.0. The van der Waals surface area contributed by atoms with Crippen molar-refractivity contribution in [1.29, 1.82) is 0 Å². The third-order valence-electron chi connectivity index (χ3n) is 8.41. The van der Waals surface area contributed by atoms with Gasteiger partial charge in [-0.2, -0.15) is 0 Å². The van der Waals surface area contributed by atoms with Gasteiger partial charge in [0.15, 0.2) is 0 Å². The van der Waals surface area contributed by atoms with Crippen LogP contribution in [0.5, 0.6) is 0 Å². The van der Waals surface area contributed by atoms with Crippen LogP contribution < -0.4 is 4.90 Å². The summed E-state index contributed by atoms with van der Waals surface area (Å²) in [7, 11) is 0. The molecule has 3 saturated heterocycles. The molecule has 1 N–H and O–H groups in total. The molecule has 0 saturated carbocycles. The Kier molecular flexibility index (Phi) is 8.14. The number of amides is 2. The molecule has 3 heterocycles. The minimum Gasteiger partial charge on any atom is -0.465 e. The molecule has 6 atom stereocenters. The molecule has 3 aliphatic heterocycles. The van der Waals surface area contributed by atoms with Crippen molar-refractivity contribution in [3.63, 3.8) is 0 Å². The number of carbonyl (C=O) groups is 3. The highest BCUT2D eigenvalue weighted by atomic mass is 16.6. The second-order valence-corrected chi connectivity index (χ2v) is 11.0.